The van der Waals surface area contributed by atoms with Crippen molar-refractivity contribution >= 4 is 28.7 Å². The largest absolute Gasteiger partial charge is 0.340 e. The van der Waals surface area contributed by atoms with Gasteiger partial charge < -0.3 is 19.7 Å². The molecule has 0 spiro atoms. The number of hydrogen-bond donors (Lipinski definition) is 2. The highest BCUT2D eigenvalue weighted by molar-refractivity contribution is 6.31. The van der Waals surface area contributed by atoms with Gasteiger partial charge in [-0.1, -0.05) is 23.7 Å². The van der Waals surface area contributed by atoms with Crippen LogP contribution in [0.2, 0.25) is 5.02 Å². The number of aromatic amines is 1. The Hall–Kier alpha value is -2.61. The lowest BCUT2D eigenvalue weighted by molar-refractivity contribution is 0.205. The van der Waals surface area contributed by atoms with Crippen LogP contribution in [0.15, 0.2) is 22.7 Å². The van der Waals surface area contributed by atoms with E-state index in [1.807, 2.05) is 19.1 Å². The number of carbonyl (C=O) groups is 1. The van der Waals surface area contributed by atoms with Gasteiger partial charge in [0.05, 0.1) is 17.6 Å². The molecule has 8 nitrogen and oxygen atoms in total. The summed E-state index contributed by atoms with van der Waals surface area (Å²) in [5, 5.41) is 7.28. The highest BCUT2D eigenvalue weighted by Gasteiger charge is 2.12. The summed E-state index contributed by atoms with van der Waals surface area (Å²) in [6.07, 6.45) is 1.22. The van der Waals surface area contributed by atoms with Gasteiger partial charge in [-0.2, -0.15) is 4.98 Å². The van der Waals surface area contributed by atoms with Crippen LogP contribution in [0.25, 0.3) is 11.0 Å². The summed E-state index contributed by atoms with van der Waals surface area (Å²) in [7, 11) is 1.71. The first-order valence-corrected chi connectivity index (χ1v) is 8.37. The molecule has 0 saturated carbocycles. The maximum atomic E-state index is 12.2. The molecule has 1 aromatic carbocycles. The van der Waals surface area contributed by atoms with E-state index in [0.717, 1.165) is 17.5 Å². The zero-order valence-corrected chi connectivity index (χ0v) is 14.8. The number of aryl methyl sites for hydroxylation is 1. The fourth-order valence-electron chi connectivity index (χ4n) is 2.35. The van der Waals surface area contributed by atoms with Crippen LogP contribution in [-0.2, 0) is 19.4 Å². The Morgan fingerprint density at radius 3 is 3.00 bits per heavy atom. The summed E-state index contributed by atoms with van der Waals surface area (Å²) >= 11 is 5.96. The highest BCUT2D eigenvalue weighted by atomic mass is 35.5. The summed E-state index contributed by atoms with van der Waals surface area (Å²) in [5.41, 5.74) is 1.66. The molecule has 3 rings (SSSR count). The van der Waals surface area contributed by atoms with E-state index < -0.39 is 0 Å². The standard InChI is InChI=1S/C16H19ClN6O2/c1-3-13-21-15(25-22-13)6-7-18-16(24)23(2)9-14-19-11-5-4-10(17)8-12(11)20-14/h4-5,8H,3,6-7,9H2,1-2H3,(H,18,24)(H,19,20). The number of carbonyl (C=O) groups excluding carboxylic acids is 1. The van der Waals surface area contributed by atoms with Gasteiger partial charge in [0, 0.05) is 31.5 Å². The van der Waals surface area contributed by atoms with Crippen molar-refractivity contribution in [2.45, 2.75) is 26.3 Å². The van der Waals surface area contributed by atoms with Crippen molar-refractivity contribution in [3.05, 3.63) is 40.8 Å². The average Bonchev–Trinajstić information content (AvgIpc) is 3.20. The summed E-state index contributed by atoms with van der Waals surface area (Å²) in [6, 6.07) is 5.23. The lowest BCUT2D eigenvalue weighted by atomic mass is 10.3. The molecule has 132 valence electrons. The van der Waals surface area contributed by atoms with Gasteiger partial charge in [-0.15, -0.1) is 0 Å². The third-order valence-corrected chi connectivity index (χ3v) is 3.90. The number of nitrogens with zero attached hydrogens (tertiary/aromatic N) is 4. The van der Waals surface area contributed by atoms with Gasteiger partial charge in [-0.05, 0) is 18.2 Å². The molecule has 0 bridgehead atoms. The van der Waals surface area contributed by atoms with Crippen LogP contribution < -0.4 is 5.32 Å². The third-order valence-electron chi connectivity index (χ3n) is 3.67. The number of halogens is 1. The first-order valence-electron chi connectivity index (χ1n) is 7.99. The van der Waals surface area contributed by atoms with Crippen LogP contribution >= 0.6 is 11.6 Å². The van der Waals surface area contributed by atoms with Crippen molar-refractivity contribution in [3.63, 3.8) is 0 Å². The number of rotatable bonds is 6. The van der Waals surface area contributed by atoms with Crippen molar-refractivity contribution in [2.75, 3.05) is 13.6 Å². The van der Waals surface area contributed by atoms with Gasteiger partial charge in [0.1, 0.15) is 5.82 Å². The lowest BCUT2D eigenvalue weighted by Crippen LogP contribution is -2.38. The van der Waals surface area contributed by atoms with Gasteiger partial charge in [0.15, 0.2) is 5.82 Å². The Balaban J connectivity index is 1.51. The molecule has 0 aliphatic rings. The number of fused-ring (bicyclic) bond motifs is 1. The van der Waals surface area contributed by atoms with Gasteiger partial charge in [0.2, 0.25) is 5.89 Å². The zero-order valence-electron chi connectivity index (χ0n) is 14.0. The first kappa shape index (κ1) is 17.2. The van der Waals surface area contributed by atoms with Crippen LogP contribution in [0.5, 0.6) is 0 Å². The quantitative estimate of drug-likeness (QED) is 0.701. The van der Waals surface area contributed by atoms with E-state index in [2.05, 4.69) is 25.4 Å². The maximum Gasteiger partial charge on any atom is 0.317 e. The van der Waals surface area contributed by atoms with Gasteiger partial charge in [-0.25, -0.2) is 9.78 Å². The van der Waals surface area contributed by atoms with E-state index >= 15 is 0 Å². The van der Waals surface area contributed by atoms with Crippen LogP contribution in [0.3, 0.4) is 0 Å². The fourth-order valence-corrected chi connectivity index (χ4v) is 2.52. The summed E-state index contributed by atoms with van der Waals surface area (Å²) in [6.45, 7) is 2.74. The molecular formula is C16H19ClN6O2. The van der Waals surface area contributed by atoms with E-state index in [4.69, 9.17) is 16.1 Å². The molecule has 2 heterocycles. The van der Waals surface area contributed by atoms with Gasteiger partial charge in [0.25, 0.3) is 0 Å². The minimum absolute atomic E-state index is 0.200. The molecule has 0 fully saturated rings. The van der Waals surface area contributed by atoms with E-state index in [1.54, 1.807) is 18.0 Å². The minimum atomic E-state index is -0.200. The molecule has 2 amide bonds. The summed E-state index contributed by atoms with van der Waals surface area (Å²) < 4.78 is 5.08. The number of H-pyrrole nitrogens is 1. The maximum absolute atomic E-state index is 12.2. The number of nitrogens with one attached hydrogen (secondary N) is 2. The number of imidazole rings is 1. The molecule has 9 heteroatoms. The summed E-state index contributed by atoms with van der Waals surface area (Å²) in [5.74, 6) is 1.89. The Kier molecular flexibility index (Phi) is 5.18. The SMILES string of the molecule is CCc1noc(CCNC(=O)N(C)Cc2nc3ccc(Cl)cc3[nH]2)n1. The Bertz CT molecular complexity index is 875. The van der Waals surface area contributed by atoms with Crippen LogP contribution in [-0.4, -0.2) is 44.6 Å². The second-order valence-corrected chi connectivity index (χ2v) is 6.08. The molecule has 25 heavy (non-hydrogen) atoms. The van der Waals surface area contributed by atoms with Crippen molar-refractivity contribution in [1.29, 1.82) is 0 Å². The lowest BCUT2D eigenvalue weighted by Gasteiger charge is -2.16. The molecule has 0 aliphatic heterocycles. The van der Waals surface area contributed by atoms with Crippen LogP contribution in [0.1, 0.15) is 24.5 Å². The van der Waals surface area contributed by atoms with E-state index in [9.17, 15) is 4.79 Å². The molecule has 0 radical (unpaired) electrons. The smallest absolute Gasteiger partial charge is 0.317 e. The number of hydrogen-bond acceptors (Lipinski definition) is 5. The number of aromatic nitrogens is 4. The normalized spacial score (nSPS) is 11.0. The number of urea groups is 1. The zero-order chi connectivity index (χ0) is 17.8. The Morgan fingerprint density at radius 1 is 1.40 bits per heavy atom. The van der Waals surface area contributed by atoms with E-state index in [0.29, 0.717) is 42.1 Å². The second kappa shape index (κ2) is 7.52. The first-order chi connectivity index (χ1) is 12.0. The van der Waals surface area contributed by atoms with Crippen molar-refractivity contribution in [2.24, 2.45) is 0 Å². The molecule has 0 atom stereocenters. The number of benzene rings is 1. The predicted molar refractivity (Wildman–Crippen MR) is 93.3 cm³/mol. The van der Waals surface area contributed by atoms with Gasteiger partial charge >= 0.3 is 6.03 Å². The highest BCUT2D eigenvalue weighted by Crippen LogP contribution is 2.17. The monoisotopic (exact) mass is 362 g/mol. The molecule has 0 aliphatic carbocycles. The predicted octanol–water partition coefficient (Wildman–Crippen LogP) is 2.55. The summed E-state index contributed by atoms with van der Waals surface area (Å²) in [4.78, 5) is 25.5. The second-order valence-electron chi connectivity index (χ2n) is 5.64. The molecule has 0 saturated heterocycles. The third kappa shape index (κ3) is 4.27. The van der Waals surface area contributed by atoms with Crippen LogP contribution in [0, 0.1) is 0 Å². The van der Waals surface area contributed by atoms with Crippen molar-refractivity contribution in [3.8, 4) is 0 Å². The molecule has 2 aromatic heterocycles. The molecular weight excluding hydrogens is 344 g/mol. The minimum Gasteiger partial charge on any atom is -0.340 e. The number of amides is 2. The topological polar surface area (TPSA) is 99.9 Å². The average molecular weight is 363 g/mol. The van der Waals surface area contributed by atoms with Gasteiger partial charge in [-0.3, -0.25) is 0 Å². The Morgan fingerprint density at radius 2 is 2.24 bits per heavy atom. The fraction of sp³-hybridized carbons (Fsp3) is 0.375. The van der Waals surface area contributed by atoms with E-state index in [-0.39, 0.29) is 6.03 Å². The molecule has 0 unspecified atom stereocenters. The van der Waals surface area contributed by atoms with Crippen molar-refractivity contribution in [1.82, 2.24) is 30.3 Å². The van der Waals surface area contributed by atoms with Crippen LogP contribution in [0.4, 0.5) is 4.79 Å². The Labute approximate surface area is 149 Å². The molecule has 2 N–H and O–H groups in total. The van der Waals surface area contributed by atoms with E-state index in [1.165, 1.54) is 0 Å². The molecule has 3 aromatic rings. The van der Waals surface area contributed by atoms with Crippen molar-refractivity contribution < 1.29 is 9.32 Å².